The Labute approximate surface area is 112 Å². The molecule has 2 rings (SSSR count). The minimum absolute atomic E-state index is 0.193. The van der Waals surface area contributed by atoms with Gasteiger partial charge in [0.05, 0.1) is 4.90 Å². The van der Waals surface area contributed by atoms with Gasteiger partial charge in [-0.05, 0) is 44.9 Å². The van der Waals surface area contributed by atoms with Crippen LogP contribution in [0.4, 0.5) is 8.78 Å². The normalized spacial score (nSPS) is 20.4. The van der Waals surface area contributed by atoms with Crippen LogP contribution in [0.15, 0.2) is 23.1 Å². The fourth-order valence-corrected chi connectivity index (χ4v) is 4.31. The van der Waals surface area contributed by atoms with E-state index in [1.165, 1.54) is 4.31 Å². The first-order valence-corrected chi connectivity index (χ1v) is 7.67. The zero-order chi connectivity index (χ0) is 14.3. The number of hydrogen-bond donors (Lipinski definition) is 0. The Bertz CT molecular complexity index is 584. The number of halogens is 2. The molecule has 1 fully saturated rings. The molecule has 1 aliphatic rings. The van der Waals surface area contributed by atoms with E-state index in [0.717, 1.165) is 37.5 Å². The number of piperidine rings is 1. The van der Waals surface area contributed by atoms with E-state index in [1.807, 2.05) is 13.8 Å². The predicted molar refractivity (Wildman–Crippen MR) is 68.2 cm³/mol. The van der Waals surface area contributed by atoms with Gasteiger partial charge < -0.3 is 0 Å². The molecule has 3 nitrogen and oxygen atoms in total. The molecule has 1 aromatic carbocycles. The Morgan fingerprint density at radius 3 is 2.42 bits per heavy atom. The van der Waals surface area contributed by atoms with Crippen LogP contribution in [-0.4, -0.2) is 24.8 Å². The maximum absolute atomic E-state index is 13.2. The zero-order valence-corrected chi connectivity index (χ0v) is 11.8. The third-order valence-electron chi connectivity index (χ3n) is 3.55. The molecule has 0 unspecified atom stereocenters. The molecule has 1 saturated heterocycles. The van der Waals surface area contributed by atoms with E-state index in [0.29, 0.717) is 6.54 Å². The average Bonchev–Trinajstić information content (AvgIpc) is 2.31. The van der Waals surface area contributed by atoms with Crippen molar-refractivity contribution in [2.45, 2.75) is 43.5 Å². The molecule has 0 aromatic heterocycles. The molecule has 19 heavy (non-hydrogen) atoms. The predicted octanol–water partition coefficient (Wildman–Crippen LogP) is 2.92. The second kappa shape index (κ2) is 4.83. The van der Waals surface area contributed by atoms with Gasteiger partial charge in [-0.3, -0.25) is 0 Å². The highest BCUT2D eigenvalue weighted by molar-refractivity contribution is 7.89. The summed E-state index contributed by atoms with van der Waals surface area (Å²) in [5.74, 6) is -2.19. The first kappa shape index (κ1) is 14.4. The van der Waals surface area contributed by atoms with E-state index in [2.05, 4.69) is 0 Å². The lowest BCUT2D eigenvalue weighted by Crippen LogP contribution is -2.50. The molecular formula is C13H17F2NO2S. The topological polar surface area (TPSA) is 37.4 Å². The lowest BCUT2D eigenvalue weighted by molar-refractivity contribution is 0.170. The van der Waals surface area contributed by atoms with Crippen molar-refractivity contribution in [3.8, 4) is 0 Å². The molecule has 0 amide bonds. The molecule has 6 heteroatoms. The highest BCUT2D eigenvalue weighted by Crippen LogP contribution is 2.33. The van der Waals surface area contributed by atoms with Crippen molar-refractivity contribution < 1.29 is 17.2 Å². The molecule has 1 aromatic rings. The standard InChI is InChI=1S/C13H17F2NO2S/c1-13(2)7-3-4-8-16(13)19(17,18)10-5-6-11(14)12(15)9-10/h5-6,9H,3-4,7-8H2,1-2H3. The van der Waals surface area contributed by atoms with Crippen molar-refractivity contribution in [3.63, 3.8) is 0 Å². The Hall–Kier alpha value is -1.01. The molecule has 0 bridgehead atoms. The molecule has 106 valence electrons. The summed E-state index contributed by atoms with van der Waals surface area (Å²) in [6.45, 7) is 4.11. The number of nitrogens with zero attached hydrogens (tertiary/aromatic N) is 1. The van der Waals surface area contributed by atoms with Crippen molar-refractivity contribution in [2.24, 2.45) is 0 Å². The second-order valence-corrected chi connectivity index (χ2v) is 7.28. The van der Waals surface area contributed by atoms with Crippen LogP contribution in [0.3, 0.4) is 0 Å². The minimum atomic E-state index is -3.78. The molecule has 0 N–H and O–H groups in total. The molecular weight excluding hydrogens is 272 g/mol. The van der Waals surface area contributed by atoms with E-state index in [1.54, 1.807) is 0 Å². The summed E-state index contributed by atoms with van der Waals surface area (Å²) in [7, 11) is -3.78. The quantitative estimate of drug-likeness (QED) is 0.839. The van der Waals surface area contributed by atoms with E-state index in [4.69, 9.17) is 0 Å². The Kier molecular flexibility index (Phi) is 3.66. The Morgan fingerprint density at radius 1 is 1.16 bits per heavy atom. The van der Waals surface area contributed by atoms with E-state index in [-0.39, 0.29) is 4.90 Å². The Morgan fingerprint density at radius 2 is 1.84 bits per heavy atom. The molecule has 1 heterocycles. The summed E-state index contributed by atoms with van der Waals surface area (Å²) in [4.78, 5) is -0.193. The van der Waals surface area contributed by atoms with E-state index < -0.39 is 27.2 Å². The Balaban J connectivity index is 2.44. The van der Waals surface area contributed by atoms with Gasteiger partial charge in [0.25, 0.3) is 0 Å². The molecule has 0 aliphatic carbocycles. The molecule has 0 spiro atoms. The van der Waals surface area contributed by atoms with Crippen LogP contribution in [-0.2, 0) is 10.0 Å². The number of benzene rings is 1. The van der Waals surface area contributed by atoms with Gasteiger partial charge in [-0.15, -0.1) is 0 Å². The van der Waals surface area contributed by atoms with Crippen molar-refractivity contribution in [3.05, 3.63) is 29.8 Å². The van der Waals surface area contributed by atoms with Crippen molar-refractivity contribution >= 4 is 10.0 Å². The maximum atomic E-state index is 13.2. The lowest BCUT2D eigenvalue weighted by atomic mass is 9.93. The summed E-state index contributed by atoms with van der Waals surface area (Å²) in [5, 5.41) is 0. The maximum Gasteiger partial charge on any atom is 0.243 e. The van der Waals surface area contributed by atoms with Crippen molar-refractivity contribution in [1.29, 1.82) is 0 Å². The number of sulfonamides is 1. The van der Waals surface area contributed by atoms with Gasteiger partial charge in [0.15, 0.2) is 11.6 Å². The minimum Gasteiger partial charge on any atom is -0.207 e. The third-order valence-corrected chi connectivity index (χ3v) is 5.66. The van der Waals surface area contributed by atoms with Crippen molar-refractivity contribution in [2.75, 3.05) is 6.54 Å². The fraction of sp³-hybridized carbons (Fsp3) is 0.538. The van der Waals surface area contributed by atoms with Crippen LogP contribution in [0.5, 0.6) is 0 Å². The largest absolute Gasteiger partial charge is 0.243 e. The van der Waals surface area contributed by atoms with Gasteiger partial charge >= 0.3 is 0 Å². The van der Waals surface area contributed by atoms with Crippen LogP contribution in [0.25, 0.3) is 0 Å². The fourth-order valence-electron chi connectivity index (χ4n) is 2.45. The van der Waals surface area contributed by atoms with Crippen LogP contribution in [0, 0.1) is 11.6 Å². The van der Waals surface area contributed by atoms with Crippen LogP contribution in [0.1, 0.15) is 33.1 Å². The smallest absolute Gasteiger partial charge is 0.207 e. The van der Waals surface area contributed by atoms with Gasteiger partial charge in [-0.2, -0.15) is 4.31 Å². The second-order valence-electron chi connectivity index (χ2n) is 5.42. The van der Waals surface area contributed by atoms with Crippen LogP contribution in [0.2, 0.25) is 0 Å². The first-order valence-electron chi connectivity index (χ1n) is 6.23. The summed E-state index contributed by atoms with van der Waals surface area (Å²) in [5.41, 5.74) is -0.498. The molecule has 0 radical (unpaired) electrons. The molecule has 0 saturated carbocycles. The lowest BCUT2D eigenvalue weighted by Gasteiger charge is -2.41. The SMILES string of the molecule is CC1(C)CCCCN1S(=O)(=O)c1ccc(F)c(F)c1. The summed E-state index contributed by atoms with van der Waals surface area (Å²) < 4.78 is 52.5. The molecule has 0 atom stereocenters. The summed E-state index contributed by atoms with van der Waals surface area (Å²) in [6, 6.07) is 2.70. The van der Waals surface area contributed by atoms with Gasteiger partial charge in [0.2, 0.25) is 10.0 Å². The molecule has 1 aliphatic heterocycles. The van der Waals surface area contributed by atoms with Crippen LogP contribution < -0.4 is 0 Å². The number of hydrogen-bond acceptors (Lipinski definition) is 2. The van der Waals surface area contributed by atoms with Gasteiger partial charge in [0.1, 0.15) is 0 Å². The third kappa shape index (κ3) is 2.65. The van der Waals surface area contributed by atoms with Gasteiger partial charge in [-0.25, -0.2) is 17.2 Å². The first-order chi connectivity index (χ1) is 8.75. The van der Waals surface area contributed by atoms with Gasteiger partial charge in [0, 0.05) is 12.1 Å². The highest BCUT2D eigenvalue weighted by atomic mass is 32.2. The van der Waals surface area contributed by atoms with Crippen molar-refractivity contribution in [1.82, 2.24) is 4.31 Å². The highest BCUT2D eigenvalue weighted by Gasteiger charge is 2.39. The average molecular weight is 289 g/mol. The monoisotopic (exact) mass is 289 g/mol. The van der Waals surface area contributed by atoms with Gasteiger partial charge in [-0.1, -0.05) is 6.42 Å². The van der Waals surface area contributed by atoms with Crippen LogP contribution >= 0.6 is 0 Å². The van der Waals surface area contributed by atoms with E-state index in [9.17, 15) is 17.2 Å². The summed E-state index contributed by atoms with van der Waals surface area (Å²) >= 11 is 0. The number of rotatable bonds is 2. The zero-order valence-electron chi connectivity index (χ0n) is 11.0. The summed E-state index contributed by atoms with van der Waals surface area (Å²) in [6.07, 6.45) is 2.51. The van der Waals surface area contributed by atoms with E-state index >= 15 is 0 Å².